The summed E-state index contributed by atoms with van der Waals surface area (Å²) in [6.45, 7) is 2.09. The van der Waals surface area contributed by atoms with Gasteiger partial charge in [0.15, 0.2) is 5.96 Å². The van der Waals surface area contributed by atoms with Gasteiger partial charge in [-0.2, -0.15) is 11.8 Å². The highest BCUT2D eigenvalue weighted by Crippen LogP contribution is 2.46. The highest BCUT2D eigenvalue weighted by atomic mass is 127. The van der Waals surface area contributed by atoms with Crippen LogP contribution in [0.15, 0.2) is 20.9 Å². The van der Waals surface area contributed by atoms with Crippen molar-refractivity contribution in [3.63, 3.8) is 0 Å². The fourth-order valence-corrected chi connectivity index (χ4v) is 4.70. The lowest BCUT2D eigenvalue weighted by Crippen LogP contribution is -2.42. The van der Waals surface area contributed by atoms with Crippen molar-refractivity contribution in [2.45, 2.75) is 18.4 Å². The molecule has 0 aromatic carbocycles. The Morgan fingerprint density at radius 1 is 1.37 bits per heavy atom. The zero-order valence-electron chi connectivity index (χ0n) is 10.4. The Hall–Kier alpha value is 0.530. The van der Waals surface area contributed by atoms with E-state index < -0.39 is 0 Å². The highest BCUT2D eigenvalue weighted by Gasteiger charge is 2.39. The monoisotopic (exact) mass is 473 g/mol. The van der Waals surface area contributed by atoms with Crippen molar-refractivity contribution in [1.29, 1.82) is 0 Å². The Labute approximate surface area is 147 Å². The highest BCUT2D eigenvalue weighted by molar-refractivity contribution is 14.0. The summed E-state index contributed by atoms with van der Waals surface area (Å²) in [6.07, 6.45) is 1.15. The van der Waals surface area contributed by atoms with E-state index in [9.17, 15) is 0 Å². The molecule has 0 unspecified atom stereocenters. The molecular formula is C12H17BrIN3S2. The SMILES string of the molecule is I.NC(=N[C@@H]1C[C@H]1c1ccc(Br)s1)N1CCSCC1. The van der Waals surface area contributed by atoms with E-state index in [0.29, 0.717) is 12.0 Å². The van der Waals surface area contributed by atoms with Crippen LogP contribution >= 0.6 is 63.0 Å². The first-order chi connectivity index (χ1) is 8.74. The largest absolute Gasteiger partial charge is 0.370 e. The van der Waals surface area contributed by atoms with E-state index in [-0.39, 0.29) is 24.0 Å². The van der Waals surface area contributed by atoms with Gasteiger partial charge < -0.3 is 10.6 Å². The van der Waals surface area contributed by atoms with Gasteiger partial charge >= 0.3 is 0 Å². The zero-order chi connectivity index (χ0) is 12.5. The molecule has 3 nitrogen and oxygen atoms in total. The molecule has 3 rings (SSSR count). The Morgan fingerprint density at radius 2 is 2.11 bits per heavy atom. The minimum atomic E-state index is 0. The summed E-state index contributed by atoms with van der Waals surface area (Å²) in [5, 5.41) is 0. The molecule has 2 heterocycles. The molecule has 19 heavy (non-hydrogen) atoms. The molecule has 2 fully saturated rings. The van der Waals surface area contributed by atoms with Gasteiger partial charge in [-0.15, -0.1) is 35.3 Å². The van der Waals surface area contributed by atoms with Gasteiger partial charge in [0.25, 0.3) is 0 Å². The summed E-state index contributed by atoms with van der Waals surface area (Å²) < 4.78 is 1.20. The second-order valence-electron chi connectivity index (χ2n) is 4.64. The van der Waals surface area contributed by atoms with E-state index in [1.807, 2.05) is 23.1 Å². The third-order valence-corrected chi connectivity index (χ3v) is 6.05. The van der Waals surface area contributed by atoms with E-state index in [0.717, 1.165) is 25.5 Å². The maximum atomic E-state index is 6.10. The van der Waals surface area contributed by atoms with Crippen LogP contribution in [0.25, 0.3) is 0 Å². The van der Waals surface area contributed by atoms with Crippen molar-refractivity contribution < 1.29 is 0 Å². The lowest BCUT2D eigenvalue weighted by Gasteiger charge is -2.27. The summed E-state index contributed by atoms with van der Waals surface area (Å²) in [7, 11) is 0. The van der Waals surface area contributed by atoms with Crippen LogP contribution in [0.4, 0.5) is 0 Å². The standard InChI is InChI=1S/C12H16BrN3S2.HI/c13-11-2-1-10(18-11)8-7-9(8)15-12(14)16-3-5-17-6-4-16;/h1-2,8-9H,3-7H2,(H2,14,15);1H/t8-,9-;/m1./s1. The molecule has 7 heteroatoms. The summed E-state index contributed by atoms with van der Waals surface area (Å²) >= 11 is 7.32. The molecule has 1 aromatic rings. The lowest BCUT2D eigenvalue weighted by atomic mass is 10.3. The maximum absolute atomic E-state index is 6.10. The summed E-state index contributed by atoms with van der Waals surface area (Å²) in [4.78, 5) is 8.33. The molecule has 1 saturated heterocycles. The van der Waals surface area contributed by atoms with Crippen LogP contribution in [0, 0.1) is 0 Å². The predicted molar refractivity (Wildman–Crippen MR) is 99.1 cm³/mol. The number of hydrogen-bond acceptors (Lipinski definition) is 3. The van der Waals surface area contributed by atoms with Gasteiger partial charge in [0.05, 0.1) is 9.83 Å². The van der Waals surface area contributed by atoms with Crippen molar-refractivity contribution in [2.75, 3.05) is 24.6 Å². The fraction of sp³-hybridized carbons (Fsp3) is 0.583. The molecule has 2 N–H and O–H groups in total. The first kappa shape index (κ1) is 15.9. The van der Waals surface area contributed by atoms with E-state index in [1.165, 1.54) is 20.2 Å². The first-order valence-electron chi connectivity index (χ1n) is 6.15. The van der Waals surface area contributed by atoms with Gasteiger partial charge in [0, 0.05) is 35.4 Å². The number of nitrogens with zero attached hydrogens (tertiary/aromatic N) is 2. The van der Waals surface area contributed by atoms with Crippen LogP contribution in [-0.4, -0.2) is 41.5 Å². The lowest BCUT2D eigenvalue weighted by molar-refractivity contribution is 0.455. The predicted octanol–water partition coefficient (Wildman–Crippen LogP) is 3.35. The van der Waals surface area contributed by atoms with Crippen molar-refractivity contribution in [3.05, 3.63) is 20.8 Å². The molecule has 1 aliphatic carbocycles. The van der Waals surface area contributed by atoms with Crippen LogP contribution in [0.1, 0.15) is 17.2 Å². The molecule has 2 aliphatic rings. The number of halogens is 2. The number of aliphatic imine (C=N–C) groups is 1. The maximum Gasteiger partial charge on any atom is 0.191 e. The number of hydrogen-bond donors (Lipinski definition) is 1. The Balaban J connectivity index is 0.00000133. The molecule has 2 atom stereocenters. The summed E-state index contributed by atoms with van der Waals surface area (Å²) in [5.41, 5.74) is 6.10. The molecule has 106 valence electrons. The van der Waals surface area contributed by atoms with Crippen molar-refractivity contribution in [3.8, 4) is 0 Å². The Kier molecular flexibility index (Phi) is 5.86. The smallest absolute Gasteiger partial charge is 0.191 e. The number of rotatable bonds is 2. The van der Waals surface area contributed by atoms with E-state index in [1.54, 1.807) is 0 Å². The van der Waals surface area contributed by atoms with Gasteiger partial charge in [0.2, 0.25) is 0 Å². The molecule has 0 spiro atoms. The molecular weight excluding hydrogens is 457 g/mol. The minimum Gasteiger partial charge on any atom is -0.370 e. The Morgan fingerprint density at radius 3 is 2.74 bits per heavy atom. The van der Waals surface area contributed by atoms with E-state index in [2.05, 4.69) is 38.0 Å². The van der Waals surface area contributed by atoms with Crippen molar-refractivity contribution in [1.82, 2.24) is 4.90 Å². The van der Waals surface area contributed by atoms with Gasteiger partial charge in [-0.3, -0.25) is 0 Å². The first-order valence-corrected chi connectivity index (χ1v) is 8.91. The summed E-state index contributed by atoms with van der Waals surface area (Å²) in [6, 6.07) is 4.72. The average Bonchev–Trinajstić information content (AvgIpc) is 3.02. The van der Waals surface area contributed by atoms with Crippen LogP contribution in [0.3, 0.4) is 0 Å². The second kappa shape index (κ2) is 7.00. The average molecular weight is 474 g/mol. The van der Waals surface area contributed by atoms with Gasteiger partial charge in [0.1, 0.15) is 0 Å². The minimum absolute atomic E-state index is 0. The zero-order valence-corrected chi connectivity index (χ0v) is 16.0. The molecule has 0 radical (unpaired) electrons. The topological polar surface area (TPSA) is 41.6 Å². The van der Waals surface area contributed by atoms with E-state index >= 15 is 0 Å². The molecule has 1 aliphatic heterocycles. The number of thiophene rings is 1. The van der Waals surface area contributed by atoms with Crippen molar-refractivity contribution in [2.24, 2.45) is 10.7 Å². The number of nitrogens with two attached hydrogens (primary N) is 1. The van der Waals surface area contributed by atoms with Crippen molar-refractivity contribution >= 4 is 69.0 Å². The molecule has 1 aromatic heterocycles. The van der Waals surface area contributed by atoms with Gasteiger partial charge in [-0.25, -0.2) is 4.99 Å². The summed E-state index contributed by atoms with van der Waals surface area (Å²) in [5.74, 6) is 3.68. The Bertz CT molecular complexity index is 460. The van der Waals surface area contributed by atoms with Crippen LogP contribution in [0.2, 0.25) is 0 Å². The second-order valence-corrected chi connectivity index (χ2v) is 8.36. The normalized spacial score (nSPS) is 27.0. The van der Waals surface area contributed by atoms with Gasteiger partial charge in [-0.1, -0.05) is 0 Å². The number of guanidine groups is 1. The van der Waals surface area contributed by atoms with Crippen LogP contribution < -0.4 is 5.73 Å². The quantitative estimate of drug-likeness (QED) is 0.407. The molecule has 1 saturated carbocycles. The fourth-order valence-electron chi connectivity index (χ4n) is 2.20. The number of thioether (sulfide) groups is 1. The van der Waals surface area contributed by atoms with E-state index in [4.69, 9.17) is 5.73 Å². The van der Waals surface area contributed by atoms with Gasteiger partial charge in [-0.05, 0) is 34.5 Å². The molecule has 0 amide bonds. The van der Waals surface area contributed by atoms with Crippen LogP contribution in [0.5, 0.6) is 0 Å². The third-order valence-electron chi connectivity index (χ3n) is 3.35. The van der Waals surface area contributed by atoms with Crippen LogP contribution in [-0.2, 0) is 0 Å². The molecule has 0 bridgehead atoms. The third kappa shape index (κ3) is 4.01.